The normalized spacial score (nSPS) is 24.1. The van der Waals surface area contributed by atoms with E-state index in [1.54, 1.807) is 0 Å². The molecular formula is C15H23BrN2S. The fourth-order valence-electron chi connectivity index (χ4n) is 2.74. The summed E-state index contributed by atoms with van der Waals surface area (Å²) in [6.07, 6.45) is 1.01. The quantitative estimate of drug-likeness (QED) is 0.905. The van der Waals surface area contributed by atoms with Crippen molar-refractivity contribution in [3.8, 4) is 0 Å². The van der Waals surface area contributed by atoms with Gasteiger partial charge in [0.2, 0.25) is 0 Å². The highest BCUT2D eigenvalue weighted by atomic mass is 79.9. The van der Waals surface area contributed by atoms with Crippen LogP contribution in [0.25, 0.3) is 0 Å². The fourth-order valence-corrected chi connectivity index (χ4v) is 4.20. The summed E-state index contributed by atoms with van der Waals surface area (Å²) in [6.45, 7) is 6.76. The van der Waals surface area contributed by atoms with Crippen LogP contribution in [-0.2, 0) is 0 Å². The van der Waals surface area contributed by atoms with E-state index < -0.39 is 0 Å². The molecule has 3 atom stereocenters. The number of nitrogens with two attached hydrogens (primary N) is 1. The van der Waals surface area contributed by atoms with Crippen LogP contribution in [0.4, 0.5) is 0 Å². The maximum absolute atomic E-state index is 6.41. The molecule has 1 heterocycles. The highest BCUT2D eigenvalue weighted by Crippen LogP contribution is 2.31. The average molecular weight is 343 g/mol. The maximum atomic E-state index is 6.41. The number of nitrogens with zero attached hydrogens (tertiary/aromatic N) is 1. The van der Waals surface area contributed by atoms with Gasteiger partial charge in [-0.2, -0.15) is 11.8 Å². The van der Waals surface area contributed by atoms with Crippen LogP contribution in [0.15, 0.2) is 28.7 Å². The third-order valence-corrected chi connectivity index (χ3v) is 5.36. The zero-order valence-corrected chi connectivity index (χ0v) is 14.1. The summed E-state index contributed by atoms with van der Waals surface area (Å²) in [6, 6.07) is 9.14. The van der Waals surface area contributed by atoms with E-state index in [0.29, 0.717) is 11.3 Å². The first-order valence-corrected chi connectivity index (χ1v) is 8.82. The molecule has 0 spiro atoms. The number of benzene rings is 1. The Bertz CT molecular complexity index is 413. The summed E-state index contributed by atoms with van der Waals surface area (Å²) in [5.41, 5.74) is 7.75. The van der Waals surface area contributed by atoms with Gasteiger partial charge in [0.25, 0.3) is 0 Å². The molecule has 2 nitrogen and oxygen atoms in total. The van der Waals surface area contributed by atoms with E-state index in [9.17, 15) is 0 Å². The van der Waals surface area contributed by atoms with Crippen molar-refractivity contribution in [1.82, 2.24) is 4.90 Å². The van der Waals surface area contributed by atoms with Gasteiger partial charge in [-0.15, -0.1) is 0 Å². The van der Waals surface area contributed by atoms with E-state index in [4.69, 9.17) is 5.73 Å². The predicted molar refractivity (Wildman–Crippen MR) is 88.6 cm³/mol. The van der Waals surface area contributed by atoms with Gasteiger partial charge in [-0.05, 0) is 24.1 Å². The lowest BCUT2D eigenvalue weighted by Crippen LogP contribution is -2.46. The Labute approximate surface area is 129 Å². The Morgan fingerprint density at radius 3 is 2.95 bits per heavy atom. The zero-order valence-electron chi connectivity index (χ0n) is 11.7. The molecule has 19 heavy (non-hydrogen) atoms. The minimum absolute atomic E-state index is 0.199. The third kappa shape index (κ3) is 3.97. The lowest BCUT2D eigenvalue weighted by molar-refractivity contribution is 0.177. The standard InChI is InChI=1S/C15H23BrN2S/c1-3-14(17)15(12-5-4-6-13(16)9-12)18-7-8-19-11(2)10-18/h4-6,9,11,14-15H,3,7-8,10,17H2,1-2H3. The molecule has 1 fully saturated rings. The fraction of sp³-hybridized carbons (Fsp3) is 0.600. The van der Waals surface area contributed by atoms with Crippen LogP contribution in [0.3, 0.4) is 0 Å². The van der Waals surface area contributed by atoms with Gasteiger partial charge in [0.05, 0.1) is 0 Å². The molecule has 1 aliphatic heterocycles. The van der Waals surface area contributed by atoms with Crippen molar-refractivity contribution in [2.24, 2.45) is 5.73 Å². The van der Waals surface area contributed by atoms with Gasteiger partial charge in [-0.25, -0.2) is 0 Å². The van der Waals surface area contributed by atoms with E-state index in [0.717, 1.165) is 24.0 Å². The van der Waals surface area contributed by atoms with Crippen LogP contribution in [0.1, 0.15) is 31.9 Å². The second-order valence-electron chi connectivity index (χ2n) is 5.25. The number of rotatable bonds is 4. The second kappa shape index (κ2) is 7.11. The summed E-state index contributed by atoms with van der Waals surface area (Å²) < 4.78 is 1.14. The molecule has 0 amide bonds. The van der Waals surface area contributed by atoms with Crippen LogP contribution in [0.2, 0.25) is 0 Å². The summed E-state index contributed by atoms with van der Waals surface area (Å²) in [5.74, 6) is 1.21. The lowest BCUT2D eigenvalue weighted by Gasteiger charge is -2.40. The first-order chi connectivity index (χ1) is 9.11. The number of hydrogen-bond acceptors (Lipinski definition) is 3. The van der Waals surface area contributed by atoms with Gasteiger partial charge in [0.1, 0.15) is 0 Å². The van der Waals surface area contributed by atoms with E-state index in [1.165, 1.54) is 11.3 Å². The average Bonchev–Trinajstić information content (AvgIpc) is 2.39. The molecule has 1 aromatic rings. The van der Waals surface area contributed by atoms with Crippen molar-refractivity contribution in [3.05, 3.63) is 34.3 Å². The molecule has 0 aromatic heterocycles. The Morgan fingerprint density at radius 2 is 2.32 bits per heavy atom. The molecule has 3 unspecified atom stereocenters. The minimum atomic E-state index is 0.199. The number of hydrogen-bond donors (Lipinski definition) is 1. The third-order valence-electron chi connectivity index (χ3n) is 3.73. The summed E-state index contributed by atoms with van der Waals surface area (Å²) in [4.78, 5) is 2.57. The van der Waals surface area contributed by atoms with Crippen molar-refractivity contribution >= 4 is 27.7 Å². The molecule has 1 saturated heterocycles. The van der Waals surface area contributed by atoms with Crippen LogP contribution in [0.5, 0.6) is 0 Å². The van der Waals surface area contributed by atoms with E-state index in [2.05, 4.69) is 70.7 Å². The molecule has 0 bridgehead atoms. The number of thioether (sulfide) groups is 1. The molecule has 0 aliphatic carbocycles. The smallest absolute Gasteiger partial charge is 0.0500 e. The van der Waals surface area contributed by atoms with E-state index in [1.807, 2.05) is 0 Å². The Balaban J connectivity index is 2.25. The maximum Gasteiger partial charge on any atom is 0.0500 e. The molecule has 106 valence electrons. The van der Waals surface area contributed by atoms with Crippen LogP contribution < -0.4 is 5.73 Å². The van der Waals surface area contributed by atoms with Crippen molar-refractivity contribution in [2.45, 2.75) is 37.6 Å². The van der Waals surface area contributed by atoms with Crippen LogP contribution in [0, 0.1) is 0 Å². The predicted octanol–water partition coefficient (Wildman–Crippen LogP) is 3.66. The molecule has 0 radical (unpaired) electrons. The number of halogens is 1. The van der Waals surface area contributed by atoms with Gasteiger partial charge in [0.15, 0.2) is 0 Å². The van der Waals surface area contributed by atoms with Gasteiger partial charge < -0.3 is 5.73 Å². The molecule has 4 heteroatoms. The molecule has 1 aliphatic rings. The molecule has 2 N–H and O–H groups in total. The zero-order chi connectivity index (χ0) is 13.8. The van der Waals surface area contributed by atoms with E-state index >= 15 is 0 Å². The Kier molecular flexibility index (Phi) is 5.75. The van der Waals surface area contributed by atoms with Crippen molar-refractivity contribution in [2.75, 3.05) is 18.8 Å². The molecule has 1 aromatic carbocycles. The van der Waals surface area contributed by atoms with E-state index in [-0.39, 0.29) is 6.04 Å². The lowest BCUT2D eigenvalue weighted by atomic mass is 9.96. The van der Waals surface area contributed by atoms with Crippen molar-refractivity contribution < 1.29 is 0 Å². The first kappa shape index (κ1) is 15.4. The van der Waals surface area contributed by atoms with Gasteiger partial charge in [-0.1, -0.05) is 41.9 Å². The van der Waals surface area contributed by atoms with Gasteiger partial charge in [0, 0.05) is 40.6 Å². The van der Waals surface area contributed by atoms with Gasteiger partial charge in [-0.3, -0.25) is 4.90 Å². The largest absolute Gasteiger partial charge is 0.326 e. The molecule has 2 rings (SSSR count). The van der Waals surface area contributed by atoms with Crippen LogP contribution >= 0.6 is 27.7 Å². The topological polar surface area (TPSA) is 29.3 Å². The second-order valence-corrected chi connectivity index (χ2v) is 7.71. The minimum Gasteiger partial charge on any atom is -0.326 e. The highest BCUT2D eigenvalue weighted by Gasteiger charge is 2.29. The summed E-state index contributed by atoms with van der Waals surface area (Å²) >= 11 is 5.64. The Hall–Kier alpha value is -0.0300. The monoisotopic (exact) mass is 342 g/mol. The summed E-state index contributed by atoms with van der Waals surface area (Å²) in [5, 5.41) is 0.701. The van der Waals surface area contributed by atoms with Crippen molar-refractivity contribution in [1.29, 1.82) is 0 Å². The van der Waals surface area contributed by atoms with Crippen LogP contribution in [-0.4, -0.2) is 35.0 Å². The first-order valence-electron chi connectivity index (χ1n) is 6.98. The van der Waals surface area contributed by atoms with Crippen molar-refractivity contribution in [3.63, 3.8) is 0 Å². The molecule has 0 saturated carbocycles. The summed E-state index contributed by atoms with van der Waals surface area (Å²) in [7, 11) is 0. The molecular weight excluding hydrogens is 320 g/mol. The van der Waals surface area contributed by atoms with Gasteiger partial charge >= 0.3 is 0 Å². The SMILES string of the molecule is CCC(N)C(c1cccc(Br)c1)N1CCSC(C)C1. The highest BCUT2D eigenvalue weighted by molar-refractivity contribution is 9.10. The Morgan fingerprint density at radius 1 is 1.53 bits per heavy atom.